The fourth-order valence-corrected chi connectivity index (χ4v) is 3.62. The molecule has 1 atom stereocenters. The van der Waals surface area contributed by atoms with Crippen LogP contribution < -0.4 is 4.72 Å². The molecule has 0 fully saturated rings. The number of nitrogens with one attached hydrogen (secondary N) is 1. The SMILES string of the molecule is Cc1ccc(S(=O)(=O)NC(CCc2ccccc2)C[N+](=O)[O-])cc1. The van der Waals surface area contributed by atoms with Gasteiger partial charge in [0.05, 0.1) is 10.9 Å². The fraction of sp³-hybridized carbons (Fsp3) is 0.294. The first-order chi connectivity index (χ1) is 11.4. The van der Waals surface area contributed by atoms with E-state index >= 15 is 0 Å². The van der Waals surface area contributed by atoms with Gasteiger partial charge in [-0.25, -0.2) is 13.1 Å². The standard InChI is InChI=1S/C17H20N2O4S/c1-14-7-11-17(12-8-14)24(22,23)18-16(13-19(20)21)10-9-15-5-3-2-4-6-15/h2-8,11-12,16,18H,9-10,13H2,1H3. The predicted molar refractivity (Wildman–Crippen MR) is 91.9 cm³/mol. The summed E-state index contributed by atoms with van der Waals surface area (Å²) in [5, 5.41) is 10.9. The third-order valence-electron chi connectivity index (χ3n) is 3.65. The first kappa shape index (κ1) is 18.1. The molecule has 7 heteroatoms. The molecule has 0 bridgehead atoms. The highest BCUT2D eigenvalue weighted by Crippen LogP contribution is 2.13. The van der Waals surface area contributed by atoms with Crippen molar-refractivity contribution in [3.8, 4) is 0 Å². The van der Waals surface area contributed by atoms with Crippen molar-refractivity contribution < 1.29 is 13.3 Å². The second-order valence-electron chi connectivity index (χ2n) is 5.67. The van der Waals surface area contributed by atoms with Gasteiger partial charge in [0.15, 0.2) is 0 Å². The molecular weight excluding hydrogens is 328 g/mol. The molecule has 6 nitrogen and oxygen atoms in total. The Hall–Kier alpha value is -2.25. The van der Waals surface area contributed by atoms with Crippen LogP contribution in [0.4, 0.5) is 0 Å². The van der Waals surface area contributed by atoms with Gasteiger partial charge in [0.2, 0.25) is 16.6 Å². The Labute approximate surface area is 141 Å². The maximum Gasteiger partial charge on any atom is 0.241 e. The minimum absolute atomic E-state index is 0.112. The number of benzene rings is 2. The van der Waals surface area contributed by atoms with Crippen LogP contribution in [-0.2, 0) is 16.4 Å². The maximum atomic E-state index is 12.4. The van der Waals surface area contributed by atoms with E-state index in [4.69, 9.17) is 0 Å². The summed E-state index contributed by atoms with van der Waals surface area (Å²) in [4.78, 5) is 10.5. The molecule has 128 valence electrons. The maximum absolute atomic E-state index is 12.4. The molecule has 24 heavy (non-hydrogen) atoms. The summed E-state index contributed by atoms with van der Waals surface area (Å²) in [5.41, 5.74) is 1.96. The summed E-state index contributed by atoms with van der Waals surface area (Å²) in [6.07, 6.45) is 0.922. The minimum Gasteiger partial charge on any atom is -0.264 e. The molecule has 1 N–H and O–H groups in total. The van der Waals surface area contributed by atoms with Gasteiger partial charge < -0.3 is 0 Å². The number of nitro groups is 1. The second-order valence-corrected chi connectivity index (χ2v) is 7.38. The number of hydrogen-bond acceptors (Lipinski definition) is 4. The van der Waals surface area contributed by atoms with Crippen molar-refractivity contribution in [3.05, 3.63) is 75.8 Å². The van der Waals surface area contributed by atoms with Crippen molar-refractivity contribution in [2.45, 2.75) is 30.7 Å². The Bertz CT molecular complexity index is 774. The van der Waals surface area contributed by atoms with Gasteiger partial charge in [-0.3, -0.25) is 10.1 Å². The zero-order valence-electron chi connectivity index (χ0n) is 13.4. The molecule has 0 aliphatic heterocycles. The summed E-state index contributed by atoms with van der Waals surface area (Å²) in [6, 6.07) is 15.1. The molecule has 2 aromatic rings. The topological polar surface area (TPSA) is 89.3 Å². The lowest BCUT2D eigenvalue weighted by Gasteiger charge is -2.15. The zero-order chi connectivity index (χ0) is 17.6. The third kappa shape index (κ3) is 5.43. The lowest BCUT2D eigenvalue weighted by Crippen LogP contribution is -2.40. The van der Waals surface area contributed by atoms with E-state index in [1.54, 1.807) is 12.1 Å². The summed E-state index contributed by atoms with van der Waals surface area (Å²) in [6.45, 7) is 1.41. The Morgan fingerprint density at radius 3 is 2.29 bits per heavy atom. The van der Waals surface area contributed by atoms with Gasteiger partial charge in [-0.05, 0) is 37.5 Å². The van der Waals surface area contributed by atoms with Gasteiger partial charge in [0.1, 0.15) is 0 Å². The van der Waals surface area contributed by atoms with Gasteiger partial charge in [-0.15, -0.1) is 0 Å². The molecule has 0 saturated carbocycles. The molecule has 0 radical (unpaired) electrons. The van der Waals surface area contributed by atoms with Gasteiger partial charge in [-0.1, -0.05) is 48.0 Å². The van der Waals surface area contributed by atoms with Crippen molar-refractivity contribution in [3.63, 3.8) is 0 Å². The van der Waals surface area contributed by atoms with Crippen molar-refractivity contribution in [2.24, 2.45) is 0 Å². The van der Waals surface area contributed by atoms with Crippen LogP contribution in [0.25, 0.3) is 0 Å². The van der Waals surface area contributed by atoms with Crippen molar-refractivity contribution in [2.75, 3.05) is 6.54 Å². The molecular formula is C17H20N2O4S. The van der Waals surface area contributed by atoms with E-state index in [-0.39, 0.29) is 4.90 Å². The second kappa shape index (κ2) is 8.03. The normalized spacial score (nSPS) is 12.7. The average molecular weight is 348 g/mol. The summed E-state index contributed by atoms with van der Waals surface area (Å²) in [7, 11) is -3.78. The number of hydrogen-bond donors (Lipinski definition) is 1. The summed E-state index contributed by atoms with van der Waals surface area (Å²) in [5.74, 6) is 0. The van der Waals surface area contributed by atoms with Crippen molar-refractivity contribution in [1.29, 1.82) is 0 Å². The molecule has 0 aromatic heterocycles. The van der Waals surface area contributed by atoms with Crippen LogP contribution in [0.5, 0.6) is 0 Å². The van der Waals surface area contributed by atoms with Gasteiger partial charge in [-0.2, -0.15) is 0 Å². The largest absolute Gasteiger partial charge is 0.264 e. The van der Waals surface area contributed by atoms with E-state index in [2.05, 4.69) is 4.72 Å². The van der Waals surface area contributed by atoms with Crippen LogP contribution in [0.3, 0.4) is 0 Å². The van der Waals surface area contributed by atoms with Crippen LogP contribution in [0, 0.1) is 17.0 Å². The monoisotopic (exact) mass is 348 g/mol. The first-order valence-corrected chi connectivity index (χ1v) is 9.10. The highest BCUT2D eigenvalue weighted by atomic mass is 32.2. The molecule has 0 aliphatic carbocycles. The van der Waals surface area contributed by atoms with E-state index in [9.17, 15) is 18.5 Å². The van der Waals surface area contributed by atoms with Crippen LogP contribution >= 0.6 is 0 Å². The smallest absolute Gasteiger partial charge is 0.241 e. The Balaban J connectivity index is 2.09. The third-order valence-corrected chi connectivity index (χ3v) is 5.18. The summed E-state index contributed by atoms with van der Waals surface area (Å²) >= 11 is 0. The van der Waals surface area contributed by atoms with Crippen molar-refractivity contribution >= 4 is 10.0 Å². The highest BCUT2D eigenvalue weighted by Gasteiger charge is 2.23. The Morgan fingerprint density at radius 1 is 1.08 bits per heavy atom. The zero-order valence-corrected chi connectivity index (χ0v) is 14.2. The van der Waals surface area contributed by atoms with E-state index < -0.39 is 27.5 Å². The number of sulfonamides is 1. The molecule has 1 unspecified atom stereocenters. The van der Waals surface area contributed by atoms with Crippen LogP contribution in [0.2, 0.25) is 0 Å². The first-order valence-electron chi connectivity index (χ1n) is 7.61. The Morgan fingerprint density at radius 2 is 1.71 bits per heavy atom. The number of rotatable bonds is 8. The quantitative estimate of drug-likeness (QED) is 0.586. The molecule has 0 heterocycles. The summed E-state index contributed by atoms with van der Waals surface area (Å²) < 4.78 is 27.3. The lowest BCUT2D eigenvalue weighted by molar-refractivity contribution is -0.483. The van der Waals surface area contributed by atoms with Gasteiger partial charge in [0, 0.05) is 4.92 Å². The Kier molecular flexibility index (Phi) is 6.05. The lowest BCUT2D eigenvalue weighted by atomic mass is 10.1. The average Bonchev–Trinajstić information content (AvgIpc) is 2.53. The molecule has 2 aromatic carbocycles. The van der Waals surface area contributed by atoms with E-state index in [0.29, 0.717) is 12.8 Å². The molecule has 0 aliphatic rings. The molecule has 0 saturated heterocycles. The van der Waals surface area contributed by atoms with Crippen molar-refractivity contribution in [1.82, 2.24) is 4.72 Å². The van der Waals surface area contributed by atoms with Gasteiger partial charge >= 0.3 is 0 Å². The predicted octanol–water partition coefficient (Wildman–Crippen LogP) is 2.55. The van der Waals surface area contributed by atoms with E-state index in [0.717, 1.165) is 11.1 Å². The minimum atomic E-state index is -3.78. The molecule has 0 spiro atoms. The molecule has 2 rings (SSSR count). The van der Waals surface area contributed by atoms with E-state index in [1.807, 2.05) is 37.3 Å². The number of aryl methyl sites for hydroxylation is 2. The van der Waals surface area contributed by atoms with Crippen LogP contribution in [0.1, 0.15) is 17.5 Å². The van der Waals surface area contributed by atoms with Crippen LogP contribution in [-0.4, -0.2) is 25.9 Å². The fourth-order valence-electron chi connectivity index (χ4n) is 2.36. The molecule has 0 amide bonds. The van der Waals surface area contributed by atoms with E-state index in [1.165, 1.54) is 12.1 Å². The number of nitrogens with zero attached hydrogens (tertiary/aromatic N) is 1. The highest BCUT2D eigenvalue weighted by molar-refractivity contribution is 7.89. The van der Waals surface area contributed by atoms with Crippen LogP contribution in [0.15, 0.2) is 59.5 Å². The van der Waals surface area contributed by atoms with Gasteiger partial charge in [0.25, 0.3) is 0 Å².